The van der Waals surface area contributed by atoms with Gasteiger partial charge >= 0.3 is 0 Å². The van der Waals surface area contributed by atoms with E-state index in [4.69, 9.17) is 4.74 Å². The molecule has 4 aliphatic rings. The standard InChI is InChI=1S/C21H21FN2O/c22-15-4-5-19-17(7-15)16-3-1-2-12-6-18(21(25-19)20(12)16)24-10-13-8-23-9-14(13)11-24/h1-5,7,13-14,18,21,23H,6,8-11H2/t13-,14+,18-,21+/m1/s1. The van der Waals surface area contributed by atoms with E-state index >= 15 is 0 Å². The Morgan fingerprint density at radius 2 is 1.88 bits per heavy atom. The van der Waals surface area contributed by atoms with Crippen molar-refractivity contribution in [3.05, 3.63) is 53.3 Å². The summed E-state index contributed by atoms with van der Waals surface area (Å²) in [5, 5.41) is 3.52. The van der Waals surface area contributed by atoms with Gasteiger partial charge in [0.1, 0.15) is 17.7 Å². The van der Waals surface area contributed by atoms with Gasteiger partial charge in [-0.3, -0.25) is 4.90 Å². The lowest BCUT2D eigenvalue weighted by molar-refractivity contribution is 0.0874. The van der Waals surface area contributed by atoms with Crippen LogP contribution in [0.1, 0.15) is 17.2 Å². The van der Waals surface area contributed by atoms with Gasteiger partial charge in [-0.25, -0.2) is 4.39 Å². The monoisotopic (exact) mass is 336 g/mol. The molecule has 2 fully saturated rings. The van der Waals surface area contributed by atoms with E-state index < -0.39 is 0 Å². The highest BCUT2D eigenvalue weighted by molar-refractivity contribution is 5.78. The van der Waals surface area contributed by atoms with Gasteiger partial charge in [0.25, 0.3) is 0 Å². The normalized spacial score (nSPS) is 32.2. The van der Waals surface area contributed by atoms with Gasteiger partial charge in [0.15, 0.2) is 0 Å². The smallest absolute Gasteiger partial charge is 0.140 e. The Bertz CT molecular complexity index is 855. The van der Waals surface area contributed by atoms with Crippen molar-refractivity contribution in [3.63, 3.8) is 0 Å². The molecule has 2 aromatic rings. The Morgan fingerprint density at radius 3 is 2.72 bits per heavy atom. The molecule has 1 N–H and O–H groups in total. The zero-order valence-corrected chi connectivity index (χ0v) is 14.0. The predicted molar refractivity (Wildman–Crippen MR) is 94.1 cm³/mol. The Morgan fingerprint density at radius 1 is 1.04 bits per heavy atom. The molecule has 0 aromatic heterocycles. The summed E-state index contributed by atoms with van der Waals surface area (Å²) >= 11 is 0. The second-order valence-electron chi connectivity index (χ2n) is 7.96. The Kier molecular flexibility index (Phi) is 2.89. The van der Waals surface area contributed by atoms with E-state index in [1.807, 2.05) is 0 Å². The second-order valence-corrected chi connectivity index (χ2v) is 7.96. The lowest BCUT2D eigenvalue weighted by atomic mass is 9.92. The van der Waals surface area contributed by atoms with Gasteiger partial charge in [0.05, 0.1) is 6.04 Å². The summed E-state index contributed by atoms with van der Waals surface area (Å²) in [6.07, 6.45) is 1.12. The van der Waals surface area contributed by atoms with Gasteiger partial charge in [0, 0.05) is 24.2 Å². The average molecular weight is 336 g/mol. The van der Waals surface area contributed by atoms with Crippen LogP contribution in [0.25, 0.3) is 11.1 Å². The molecule has 0 radical (unpaired) electrons. The van der Waals surface area contributed by atoms with E-state index in [1.165, 1.54) is 30.3 Å². The summed E-state index contributed by atoms with van der Waals surface area (Å²) < 4.78 is 20.2. The lowest BCUT2D eigenvalue weighted by Crippen LogP contribution is -2.40. The van der Waals surface area contributed by atoms with E-state index in [0.29, 0.717) is 6.04 Å². The maximum atomic E-state index is 13.8. The molecule has 0 amide bonds. The summed E-state index contributed by atoms with van der Waals surface area (Å²) in [6.45, 7) is 4.64. The van der Waals surface area contributed by atoms with E-state index in [-0.39, 0.29) is 11.9 Å². The third-order valence-electron chi connectivity index (χ3n) is 6.63. The molecule has 128 valence electrons. The van der Waals surface area contributed by atoms with Crippen molar-refractivity contribution in [2.24, 2.45) is 11.8 Å². The summed E-state index contributed by atoms with van der Waals surface area (Å²) in [7, 11) is 0. The van der Waals surface area contributed by atoms with Crippen LogP contribution in [0.2, 0.25) is 0 Å². The van der Waals surface area contributed by atoms with Gasteiger partial charge in [-0.2, -0.15) is 0 Å². The molecule has 0 saturated carbocycles. The molecule has 2 saturated heterocycles. The molecule has 3 heterocycles. The van der Waals surface area contributed by atoms with Crippen molar-refractivity contribution in [2.75, 3.05) is 26.2 Å². The van der Waals surface area contributed by atoms with Gasteiger partial charge in [-0.15, -0.1) is 0 Å². The molecule has 1 aliphatic carbocycles. The largest absolute Gasteiger partial charge is 0.483 e. The third-order valence-corrected chi connectivity index (χ3v) is 6.63. The minimum absolute atomic E-state index is 0.0796. The number of nitrogens with zero attached hydrogens (tertiary/aromatic N) is 1. The fourth-order valence-electron chi connectivity index (χ4n) is 5.46. The molecule has 4 heteroatoms. The first kappa shape index (κ1) is 14.3. The predicted octanol–water partition coefficient (Wildman–Crippen LogP) is 3.00. The van der Waals surface area contributed by atoms with Crippen molar-refractivity contribution in [1.82, 2.24) is 10.2 Å². The zero-order valence-electron chi connectivity index (χ0n) is 14.0. The quantitative estimate of drug-likeness (QED) is 0.866. The van der Waals surface area contributed by atoms with Crippen LogP contribution in [-0.2, 0) is 6.42 Å². The van der Waals surface area contributed by atoms with Crippen molar-refractivity contribution < 1.29 is 9.13 Å². The first-order valence-electron chi connectivity index (χ1n) is 9.31. The zero-order chi connectivity index (χ0) is 16.5. The first-order valence-corrected chi connectivity index (χ1v) is 9.31. The number of likely N-dealkylation sites (tertiary alicyclic amines) is 1. The molecule has 0 spiro atoms. The van der Waals surface area contributed by atoms with Crippen LogP contribution in [0.4, 0.5) is 4.39 Å². The molecular formula is C21H21FN2O. The maximum Gasteiger partial charge on any atom is 0.140 e. The van der Waals surface area contributed by atoms with Gasteiger partial charge in [0.2, 0.25) is 0 Å². The third kappa shape index (κ3) is 1.98. The van der Waals surface area contributed by atoms with Crippen LogP contribution >= 0.6 is 0 Å². The number of benzene rings is 2. The first-order chi connectivity index (χ1) is 12.3. The van der Waals surface area contributed by atoms with Crippen LogP contribution in [0.15, 0.2) is 36.4 Å². The van der Waals surface area contributed by atoms with Crippen molar-refractivity contribution in [3.8, 4) is 16.9 Å². The van der Waals surface area contributed by atoms with Crippen LogP contribution < -0.4 is 10.1 Å². The van der Waals surface area contributed by atoms with Crippen LogP contribution in [0.3, 0.4) is 0 Å². The Balaban J connectivity index is 1.41. The second kappa shape index (κ2) is 5.05. The highest BCUT2D eigenvalue weighted by Crippen LogP contribution is 2.50. The fraction of sp³-hybridized carbons (Fsp3) is 0.429. The van der Waals surface area contributed by atoms with Crippen LogP contribution in [0, 0.1) is 17.7 Å². The fourth-order valence-corrected chi connectivity index (χ4v) is 5.46. The summed E-state index contributed by atoms with van der Waals surface area (Å²) in [5.41, 5.74) is 4.72. The van der Waals surface area contributed by atoms with Gasteiger partial charge < -0.3 is 10.1 Å². The highest BCUT2D eigenvalue weighted by Gasteiger charge is 2.47. The minimum Gasteiger partial charge on any atom is -0.483 e. The van der Waals surface area contributed by atoms with E-state index in [2.05, 4.69) is 28.4 Å². The van der Waals surface area contributed by atoms with Gasteiger partial charge in [-0.1, -0.05) is 18.2 Å². The number of ether oxygens (including phenoxy) is 1. The van der Waals surface area contributed by atoms with Crippen LogP contribution in [0.5, 0.6) is 5.75 Å². The molecule has 0 unspecified atom stereocenters. The van der Waals surface area contributed by atoms with E-state index in [9.17, 15) is 4.39 Å². The Labute approximate surface area is 146 Å². The number of fused-ring (bicyclic) bond motifs is 3. The topological polar surface area (TPSA) is 24.5 Å². The Hall–Kier alpha value is -1.91. The number of nitrogens with one attached hydrogen (secondary N) is 1. The number of rotatable bonds is 1. The molecule has 3 nitrogen and oxygen atoms in total. The lowest BCUT2D eigenvalue weighted by Gasteiger charge is -2.34. The summed E-state index contributed by atoms with van der Waals surface area (Å²) in [6, 6.07) is 11.8. The number of hydrogen-bond acceptors (Lipinski definition) is 3. The highest BCUT2D eigenvalue weighted by atomic mass is 19.1. The van der Waals surface area contributed by atoms with Crippen LogP contribution in [-0.4, -0.2) is 37.1 Å². The SMILES string of the molecule is Fc1ccc2c(c1)-c1cccc3c1[C@@H](O2)[C@H](N1C[C@H]2CNC[C@H]2C1)C3. The minimum atomic E-state index is -0.201. The molecule has 25 heavy (non-hydrogen) atoms. The van der Waals surface area contributed by atoms with Crippen molar-refractivity contribution >= 4 is 0 Å². The van der Waals surface area contributed by atoms with Crippen molar-refractivity contribution in [2.45, 2.75) is 18.6 Å². The molecule has 0 bridgehead atoms. The summed E-state index contributed by atoms with van der Waals surface area (Å²) in [4.78, 5) is 2.65. The van der Waals surface area contributed by atoms with E-state index in [0.717, 1.165) is 48.2 Å². The molecular weight excluding hydrogens is 315 g/mol. The molecule has 2 aromatic carbocycles. The van der Waals surface area contributed by atoms with E-state index in [1.54, 1.807) is 12.1 Å². The molecule has 4 atom stereocenters. The van der Waals surface area contributed by atoms with Gasteiger partial charge in [-0.05, 0) is 60.7 Å². The summed E-state index contributed by atoms with van der Waals surface area (Å²) in [5.74, 6) is 2.19. The number of hydrogen-bond donors (Lipinski definition) is 1. The number of halogens is 1. The molecule has 3 aliphatic heterocycles. The molecule has 6 rings (SSSR count). The maximum absolute atomic E-state index is 13.8. The van der Waals surface area contributed by atoms with Crippen molar-refractivity contribution in [1.29, 1.82) is 0 Å². The average Bonchev–Trinajstić information content (AvgIpc) is 3.29.